The van der Waals surface area contributed by atoms with Crippen molar-refractivity contribution in [3.63, 3.8) is 0 Å². The lowest BCUT2D eigenvalue weighted by molar-refractivity contribution is -0.137. The van der Waals surface area contributed by atoms with Crippen LogP contribution in [-0.4, -0.2) is 59.3 Å². The number of carboxylic acid groups (broad SMARTS) is 1. The molecule has 0 saturated carbocycles. The third kappa shape index (κ3) is 3.13. The molecule has 158 valence electrons. The minimum atomic E-state index is -4.17. The molecule has 3 heterocycles. The Hall–Kier alpha value is -2.63. The zero-order valence-corrected chi connectivity index (χ0v) is 17.0. The fraction of sp³-hybridized carbons (Fsp3) is 0.333. The lowest BCUT2D eigenvalue weighted by Crippen LogP contribution is -2.50. The quantitative estimate of drug-likeness (QED) is 0.741. The topological polar surface area (TPSA) is 121 Å². The summed E-state index contributed by atoms with van der Waals surface area (Å²) in [6.07, 6.45) is 2.86. The van der Waals surface area contributed by atoms with Gasteiger partial charge < -0.3 is 5.11 Å². The summed E-state index contributed by atoms with van der Waals surface area (Å²) in [6, 6.07) is 3.29. The molecule has 0 atom stereocenters. The van der Waals surface area contributed by atoms with Crippen LogP contribution in [0.25, 0.3) is 0 Å². The maximum atomic E-state index is 14.1. The molecule has 1 amide bonds. The van der Waals surface area contributed by atoms with E-state index in [1.165, 1.54) is 18.6 Å². The van der Waals surface area contributed by atoms with Crippen molar-refractivity contribution in [1.29, 1.82) is 0 Å². The maximum Gasteiger partial charge on any atom is 0.323 e. The SMILES string of the molecule is O=C(O)CN1C(=O)C2(CCN(S(=O)(=O)c3cc(Cl)ccc3F)CC2)c2cncnc21. The van der Waals surface area contributed by atoms with Gasteiger partial charge in [0.25, 0.3) is 0 Å². The van der Waals surface area contributed by atoms with Crippen molar-refractivity contribution < 1.29 is 27.5 Å². The Balaban J connectivity index is 1.65. The minimum absolute atomic E-state index is 0.0602. The minimum Gasteiger partial charge on any atom is -0.480 e. The second-order valence-electron chi connectivity index (χ2n) is 7.11. The van der Waals surface area contributed by atoms with Gasteiger partial charge in [-0.3, -0.25) is 14.5 Å². The number of hydrogen-bond acceptors (Lipinski definition) is 6. The van der Waals surface area contributed by atoms with Crippen molar-refractivity contribution in [3.05, 3.63) is 47.1 Å². The van der Waals surface area contributed by atoms with Gasteiger partial charge in [-0.25, -0.2) is 22.8 Å². The van der Waals surface area contributed by atoms with E-state index in [9.17, 15) is 22.4 Å². The van der Waals surface area contributed by atoms with E-state index in [0.717, 1.165) is 21.3 Å². The Morgan fingerprint density at radius 2 is 2.00 bits per heavy atom. The highest BCUT2D eigenvalue weighted by Gasteiger charge is 2.54. The van der Waals surface area contributed by atoms with Gasteiger partial charge in [-0.05, 0) is 31.0 Å². The average Bonchev–Trinajstić information content (AvgIpc) is 2.93. The standard InChI is InChI=1S/C18H16ClFN4O5S/c19-11-1-2-13(20)14(7-11)30(28,29)23-5-3-18(4-6-23)12-8-21-10-22-16(12)24(17(18)27)9-15(25)26/h1-2,7-8,10H,3-6,9H2,(H,25,26). The summed E-state index contributed by atoms with van der Waals surface area (Å²) < 4.78 is 41.1. The van der Waals surface area contributed by atoms with Gasteiger partial charge in [0.2, 0.25) is 15.9 Å². The fourth-order valence-electron chi connectivity index (χ4n) is 4.03. The number of sulfonamides is 1. The number of carbonyl (C=O) groups is 2. The van der Waals surface area contributed by atoms with Crippen molar-refractivity contribution in [2.45, 2.75) is 23.2 Å². The molecular weight excluding hydrogens is 439 g/mol. The number of fused-ring (bicyclic) bond motifs is 2. The third-order valence-electron chi connectivity index (χ3n) is 5.50. The average molecular weight is 455 g/mol. The molecular formula is C18H16ClFN4O5S. The lowest BCUT2D eigenvalue weighted by atomic mass is 9.75. The van der Waals surface area contributed by atoms with Crippen LogP contribution in [-0.2, 0) is 25.0 Å². The molecule has 0 unspecified atom stereocenters. The number of aromatic nitrogens is 2. The molecule has 1 spiro atoms. The molecule has 1 aromatic carbocycles. The van der Waals surface area contributed by atoms with Crippen LogP contribution >= 0.6 is 11.6 Å². The normalized spacial score (nSPS) is 18.6. The Kier molecular flexibility index (Phi) is 4.99. The molecule has 0 radical (unpaired) electrons. The van der Waals surface area contributed by atoms with E-state index in [4.69, 9.17) is 16.7 Å². The summed E-state index contributed by atoms with van der Waals surface area (Å²) in [5.74, 6) is -2.34. The van der Waals surface area contributed by atoms with Crippen molar-refractivity contribution in [1.82, 2.24) is 14.3 Å². The molecule has 1 saturated heterocycles. The van der Waals surface area contributed by atoms with Crippen LogP contribution < -0.4 is 4.90 Å². The van der Waals surface area contributed by atoms with Gasteiger partial charge in [0.1, 0.15) is 29.4 Å². The van der Waals surface area contributed by atoms with Gasteiger partial charge in [0, 0.05) is 29.9 Å². The number of nitrogens with zero attached hydrogens (tertiary/aromatic N) is 4. The van der Waals surface area contributed by atoms with Gasteiger partial charge in [0.15, 0.2) is 0 Å². The van der Waals surface area contributed by atoms with Gasteiger partial charge in [-0.15, -0.1) is 0 Å². The summed E-state index contributed by atoms with van der Waals surface area (Å²) in [6.45, 7) is -0.676. The van der Waals surface area contributed by atoms with E-state index in [0.29, 0.717) is 5.56 Å². The first-order valence-corrected chi connectivity index (χ1v) is 10.8. The van der Waals surface area contributed by atoms with Crippen LogP contribution in [0.3, 0.4) is 0 Å². The van der Waals surface area contributed by atoms with Crippen molar-refractivity contribution in [2.24, 2.45) is 0 Å². The number of carbonyl (C=O) groups excluding carboxylic acids is 1. The Labute approximate surface area is 176 Å². The number of rotatable bonds is 4. The molecule has 1 N–H and O–H groups in total. The van der Waals surface area contributed by atoms with E-state index in [2.05, 4.69) is 9.97 Å². The van der Waals surface area contributed by atoms with Crippen molar-refractivity contribution in [3.8, 4) is 0 Å². The molecule has 4 rings (SSSR count). The van der Waals surface area contributed by atoms with Crippen LogP contribution in [0.15, 0.2) is 35.6 Å². The molecule has 12 heteroatoms. The summed E-state index contributed by atoms with van der Waals surface area (Å²) in [5, 5.41) is 9.24. The smallest absolute Gasteiger partial charge is 0.323 e. The van der Waals surface area contributed by atoms with E-state index in [1.807, 2.05) is 0 Å². The van der Waals surface area contributed by atoms with Crippen LogP contribution in [0.2, 0.25) is 5.02 Å². The second-order valence-corrected chi connectivity index (χ2v) is 9.45. The first-order valence-electron chi connectivity index (χ1n) is 8.96. The zero-order chi connectivity index (χ0) is 21.7. The predicted octanol–water partition coefficient (Wildman–Crippen LogP) is 1.42. The molecule has 9 nitrogen and oxygen atoms in total. The Morgan fingerprint density at radius 3 is 2.67 bits per heavy atom. The summed E-state index contributed by atoms with van der Waals surface area (Å²) in [5.41, 5.74) is -0.646. The highest BCUT2D eigenvalue weighted by Crippen LogP contribution is 2.47. The molecule has 30 heavy (non-hydrogen) atoms. The van der Waals surface area contributed by atoms with E-state index in [-0.39, 0.29) is 36.8 Å². The van der Waals surface area contributed by atoms with E-state index < -0.39 is 44.6 Å². The highest BCUT2D eigenvalue weighted by atomic mass is 35.5. The summed E-state index contributed by atoms with van der Waals surface area (Å²) >= 11 is 5.83. The molecule has 1 aromatic heterocycles. The van der Waals surface area contributed by atoms with Crippen molar-refractivity contribution >= 4 is 39.3 Å². The van der Waals surface area contributed by atoms with E-state index >= 15 is 0 Å². The monoisotopic (exact) mass is 454 g/mol. The van der Waals surface area contributed by atoms with Gasteiger partial charge in [0.05, 0.1) is 5.41 Å². The molecule has 2 aliphatic rings. The van der Waals surface area contributed by atoms with Crippen LogP contribution in [0, 0.1) is 5.82 Å². The second kappa shape index (κ2) is 7.25. The fourth-order valence-corrected chi connectivity index (χ4v) is 5.80. The largest absolute Gasteiger partial charge is 0.480 e. The lowest BCUT2D eigenvalue weighted by Gasteiger charge is -2.37. The van der Waals surface area contributed by atoms with Crippen molar-refractivity contribution in [2.75, 3.05) is 24.5 Å². The summed E-state index contributed by atoms with van der Waals surface area (Å²) in [4.78, 5) is 32.9. The first kappa shape index (κ1) is 20.6. The number of halogens is 2. The molecule has 2 aromatic rings. The Morgan fingerprint density at radius 1 is 1.30 bits per heavy atom. The molecule has 0 aliphatic carbocycles. The van der Waals surface area contributed by atoms with Gasteiger partial charge in [-0.2, -0.15) is 4.31 Å². The number of benzene rings is 1. The number of amides is 1. The maximum absolute atomic E-state index is 14.1. The molecule has 2 aliphatic heterocycles. The number of piperidine rings is 1. The van der Waals surface area contributed by atoms with E-state index in [1.54, 1.807) is 0 Å². The number of aliphatic carboxylic acids is 1. The number of anilines is 1. The van der Waals surface area contributed by atoms with Gasteiger partial charge >= 0.3 is 5.97 Å². The first-order chi connectivity index (χ1) is 14.2. The highest BCUT2D eigenvalue weighted by molar-refractivity contribution is 7.89. The van der Waals surface area contributed by atoms with Crippen LogP contribution in [0.1, 0.15) is 18.4 Å². The molecule has 0 bridgehead atoms. The van der Waals surface area contributed by atoms with Gasteiger partial charge in [-0.1, -0.05) is 11.6 Å². The zero-order valence-electron chi connectivity index (χ0n) is 15.5. The Bertz CT molecular complexity index is 1150. The summed E-state index contributed by atoms with van der Waals surface area (Å²) in [7, 11) is -4.17. The van der Waals surface area contributed by atoms with Crippen LogP contribution in [0.4, 0.5) is 10.2 Å². The van der Waals surface area contributed by atoms with Crippen LogP contribution in [0.5, 0.6) is 0 Å². The number of carboxylic acids is 1. The predicted molar refractivity (Wildman–Crippen MR) is 103 cm³/mol. The number of hydrogen-bond donors (Lipinski definition) is 1. The molecule has 1 fully saturated rings. The third-order valence-corrected chi connectivity index (χ3v) is 7.65.